The number of nitrogens with zero attached hydrogens (tertiary/aromatic N) is 1. The Hall–Kier alpha value is -3.28. The molecule has 0 fully saturated rings. The zero-order chi connectivity index (χ0) is 19.4. The number of rotatable bonds is 6. The number of hydrogen-bond acceptors (Lipinski definition) is 5. The van der Waals surface area contributed by atoms with E-state index in [9.17, 15) is 4.79 Å². The molecule has 140 valence electrons. The number of ether oxygens (including phenoxy) is 2. The molecule has 0 spiro atoms. The summed E-state index contributed by atoms with van der Waals surface area (Å²) in [5.74, 6) is 1.77. The van der Waals surface area contributed by atoms with Crippen molar-refractivity contribution in [3.05, 3.63) is 76.7 Å². The largest absolute Gasteiger partial charge is 0.497 e. The van der Waals surface area contributed by atoms with Gasteiger partial charge in [-0.15, -0.1) is 0 Å². The molecule has 0 unspecified atom stereocenters. The molecule has 0 saturated carbocycles. The normalized spacial score (nSPS) is 10.7. The van der Waals surface area contributed by atoms with Gasteiger partial charge in [-0.2, -0.15) is 0 Å². The van der Waals surface area contributed by atoms with Gasteiger partial charge in [0.1, 0.15) is 22.8 Å². The standard InChI is InChI=1S/C21H22N2O4/c1-13-19(14(2)27-23-13)21(24)22-20(15-5-9-17(25-3)10-6-15)16-7-11-18(26-4)12-8-16/h5-12,20H,1-4H3,(H,22,24). The van der Waals surface area contributed by atoms with Gasteiger partial charge in [0.15, 0.2) is 0 Å². The van der Waals surface area contributed by atoms with Crippen LogP contribution in [0.15, 0.2) is 53.1 Å². The Labute approximate surface area is 158 Å². The minimum atomic E-state index is -0.344. The lowest BCUT2D eigenvalue weighted by molar-refractivity contribution is 0.0941. The molecular weight excluding hydrogens is 344 g/mol. The van der Waals surface area contributed by atoms with Crippen LogP contribution in [0.3, 0.4) is 0 Å². The highest BCUT2D eigenvalue weighted by Gasteiger charge is 2.23. The van der Waals surface area contributed by atoms with Crippen molar-refractivity contribution in [2.24, 2.45) is 0 Å². The van der Waals surface area contributed by atoms with Crippen molar-refractivity contribution >= 4 is 5.91 Å². The third-order valence-corrected chi connectivity index (χ3v) is 4.43. The van der Waals surface area contributed by atoms with Gasteiger partial charge in [-0.1, -0.05) is 29.4 Å². The van der Waals surface area contributed by atoms with Gasteiger partial charge >= 0.3 is 0 Å². The molecule has 27 heavy (non-hydrogen) atoms. The Bertz CT molecular complexity index is 847. The maximum atomic E-state index is 12.9. The number of carbonyl (C=O) groups is 1. The second-order valence-corrected chi connectivity index (χ2v) is 6.15. The molecule has 3 rings (SSSR count). The number of benzene rings is 2. The van der Waals surface area contributed by atoms with E-state index in [2.05, 4.69) is 10.5 Å². The lowest BCUT2D eigenvalue weighted by Crippen LogP contribution is -2.30. The van der Waals surface area contributed by atoms with Gasteiger partial charge in [0.25, 0.3) is 5.91 Å². The van der Waals surface area contributed by atoms with Gasteiger partial charge in [-0.3, -0.25) is 4.79 Å². The quantitative estimate of drug-likeness (QED) is 0.718. The first kappa shape index (κ1) is 18.5. The molecule has 0 aliphatic carbocycles. The van der Waals surface area contributed by atoms with Crippen LogP contribution in [0.25, 0.3) is 0 Å². The number of methoxy groups -OCH3 is 2. The van der Waals surface area contributed by atoms with E-state index in [1.165, 1.54) is 0 Å². The molecule has 1 aromatic heterocycles. The molecule has 2 aromatic carbocycles. The van der Waals surface area contributed by atoms with Crippen molar-refractivity contribution in [2.75, 3.05) is 14.2 Å². The van der Waals surface area contributed by atoms with Gasteiger partial charge in [-0.25, -0.2) is 0 Å². The van der Waals surface area contributed by atoms with Crippen LogP contribution in [-0.2, 0) is 0 Å². The smallest absolute Gasteiger partial charge is 0.257 e. The fraction of sp³-hybridized carbons (Fsp3) is 0.238. The Kier molecular flexibility index (Phi) is 5.45. The van der Waals surface area contributed by atoms with Gasteiger partial charge in [0.2, 0.25) is 0 Å². The van der Waals surface area contributed by atoms with E-state index in [1.54, 1.807) is 28.1 Å². The monoisotopic (exact) mass is 366 g/mol. The van der Waals surface area contributed by atoms with E-state index < -0.39 is 0 Å². The predicted molar refractivity (Wildman–Crippen MR) is 101 cm³/mol. The molecule has 0 bridgehead atoms. The van der Waals surface area contributed by atoms with E-state index >= 15 is 0 Å². The van der Waals surface area contributed by atoms with Crippen molar-refractivity contribution in [3.63, 3.8) is 0 Å². The molecular formula is C21H22N2O4. The summed E-state index contributed by atoms with van der Waals surface area (Å²) in [5.41, 5.74) is 2.89. The average molecular weight is 366 g/mol. The van der Waals surface area contributed by atoms with E-state index in [4.69, 9.17) is 14.0 Å². The Morgan fingerprint density at radius 2 is 1.41 bits per heavy atom. The first-order valence-electron chi connectivity index (χ1n) is 8.55. The molecule has 0 saturated heterocycles. The summed E-state index contributed by atoms with van der Waals surface area (Å²) in [5, 5.41) is 6.95. The predicted octanol–water partition coefficient (Wildman–Crippen LogP) is 3.83. The van der Waals surface area contributed by atoms with Crippen LogP contribution in [-0.4, -0.2) is 25.3 Å². The van der Waals surface area contributed by atoms with Gasteiger partial charge in [-0.05, 0) is 49.2 Å². The van der Waals surface area contributed by atoms with E-state index in [0.29, 0.717) is 17.0 Å². The molecule has 0 radical (unpaired) electrons. The van der Waals surface area contributed by atoms with Crippen molar-refractivity contribution in [2.45, 2.75) is 19.9 Å². The number of carbonyl (C=O) groups excluding carboxylic acids is 1. The van der Waals surface area contributed by atoms with Crippen molar-refractivity contribution in [3.8, 4) is 11.5 Å². The highest BCUT2D eigenvalue weighted by Crippen LogP contribution is 2.27. The van der Waals surface area contributed by atoms with Crippen molar-refractivity contribution < 1.29 is 18.8 Å². The number of aromatic nitrogens is 1. The topological polar surface area (TPSA) is 73.6 Å². The number of aryl methyl sites for hydroxylation is 2. The van der Waals surface area contributed by atoms with Crippen LogP contribution >= 0.6 is 0 Å². The van der Waals surface area contributed by atoms with Crippen LogP contribution < -0.4 is 14.8 Å². The third kappa shape index (κ3) is 3.95. The fourth-order valence-electron chi connectivity index (χ4n) is 2.96. The first-order valence-corrected chi connectivity index (χ1v) is 8.55. The lowest BCUT2D eigenvalue weighted by atomic mass is 9.97. The van der Waals surface area contributed by atoms with E-state index in [0.717, 1.165) is 22.6 Å². The number of nitrogens with one attached hydrogen (secondary N) is 1. The molecule has 0 atom stereocenters. The summed E-state index contributed by atoms with van der Waals surface area (Å²) < 4.78 is 15.6. The van der Waals surface area contributed by atoms with E-state index in [1.807, 2.05) is 48.5 Å². The summed E-state index contributed by atoms with van der Waals surface area (Å²) in [4.78, 5) is 12.9. The Balaban J connectivity index is 1.96. The highest BCUT2D eigenvalue weighted by molar-refractivity contribution is 5.96. The number of amides is 1. The van der Waals surface area contributed by atoms with Crippen molar-refractivity contribution in [1.29, 1.82) is 0 Å². The van der Waals surface area contributed by atoms with Crippen LogP contribution in [0.4, 0.5) is 0 Å². The average Bonchev–Trinajstić information content (AvgIpc) is 3.04. The highest BCUT2D eigenvalue weighted by atomic mass is 16.5. The van der Waals surface area contributed by atoms with Crippen LogP contribution in [0.2, 0.25) is 0 Å². The molecule has 3 aromatic rings. The molecule has 1 N–H and O–H groups in total. The maximum absolute atomic E-state index is 12.9. The second-order valence-electron chi connectivity index (χ2n) is 6.15. The first-order chi connectivity index (χ1) is 13.0. The molecule has 1 amide bonds. The number of hydrogen-bond donors (Lipinski definition) is 1. The van der Waals surface area contributed by atoms with Gasteiger partial charge < -0.3 is 19.3 Å². The summed E-state index contributed by atoms with van der Waals surface area (Å²) >= 11 is 0. The van der Waals surface area contributed by atoms with Crippen LogP contribution in [0.5, 0.6) is 11.5 Å². The minimum Gasteiger partial charge on any atom is -0.497 e. The molecule has 0 aliphatic heterocycles. The summed E-state index contributed by atoms with van der Waals surface area (Å²) in [6.45, 7) is 3.48. The van der Waals surface area contributed by atoms with Crippen LogP contribution in [0, 0.1) is 13.8 Å². The molecule has 6 nitrogen and oxygen atoms in total. The lowest BCUT2D eigenvalue weighted by Gasteiger charge is -2.20. The Morgan fingerprint density at radius 1 is 0.926 bits per heavy atom. The zero-order valence-corrected chi connectivity index (χ0v) is 15.8. The molecule has 1 heterocycles. The SMILES string of the molecule is COc1ccc(C(NC(=O)c2c(C)noc2C)c2ccc(OC)cc2)cc1. The van der Waals surface area contributed by atoms with Gasteiger partial charge in [0, 0.05) is 0 Å². The maximum Gasteiger partial charge on any atom is 0.257 e. The fourth-order valence-corrected chi connectivity index (χ4v) is 2.96. The van der Waals surface area contributed by atoms with Crippen LogP contribution in [0.1, 0.15) is 39.0 Å². The molecule has 0 aliphatic rings. The summed E-state index contributed by atoms with van der Waals surface area (Å²) in [6, 6.07) is 14.9. The third-order valence-electron chi connectivity index (χ3n) is 4.43. The molecule has 6 heteroatoms. The van der Waals surface area contributed by atoms with E-state index in [-0.39, 0.29) is 11.9 Å². The van der Waals surface area contributed by atoms with Crippen molar-refractivity contribution in [1.82, 2.24) is 10.5 Å². The summed E-state index contributed by atoms with van der Waals surface area (Å²) in [6.07, 6.45) is 0. The zero-order valence-electron chi connectivity index (χ0n) is 15.8. The van der Waals surface area contributed by atoms with Gasteiger partial charge in [0.05, 0.1) is 26.0 Å². The second kappa shape index (κ2) is 7.95. The minimum absolute atomic E-state index is 0.233. The Morgan fingerprint density at radius 3 is 1.78 bits per heavy atom. The summed E-state index contributed by atoms with van der Waals surface area (Å²) in [7, 11) is 3.24.